The number of benzene rings is 1. The fourth-order valence-electron chi connectivity index (χ4n) is 0.955. The van der Waals surface area contributed by atoms with Crippen molar-refractivity contribution in [3.8, 4) is 0 Å². The zero-order valence-electron chi connectivity index (χ0n) is 6.57. The second kappa shape index (κ2) is 4.31. The fraction of sp³-hybridized carbons (Fsp3) is 0.125. The first kappa shape index (κ1) is 10.1. The molecule has 0 aliphatic carbocycles. The molecule has 1 N–H and O–H groups in total. The van der Waals surface area contributed by atoms with Crippen LogP contribution in [0, 0.1) is 3.57 Å². The standard InChI is InChI=1S/C8H7IO4/c10-8(11)5-6-3-1-2-4-7(6)9(12)13/h1-4H,5H2,(H,10,11). The number of rotatable bonds is 3. The Labute approximate surface area is 81.7 Å². The first-order valence-corrected chi connectivity index (χ1v) is 6.30. The maximum atomic E-state index is 10.7. The smallest absolute Gasteiger partial charge is 0.341 e. The minimum atomic E-state index is -3.55. The summed E-state index contributed by atoms with van der Waals surface area (Å²) in [4.78, 5) is 10.4. The van der Waals surface area contributed by atoms with Crippen molar-refractivity contribution in [2.75, 3.05) is 0 Å². The Bertz CT molecular complexity index is 387. The molecule has 13 heavy (non-hydrogen) atoms. The van der Waals surface area contributed by atoms with Crippen molar-refractivity contribution in [2.24, 2.45) is 0 Å². The molecule has 0 aromatic heterocycles. The van der Waals surface area contributed by atoms with Crippen LogP contribution in [0.1, 0.15) is 5.56 Å². The van der Waals surface area contributed by atoms with E-state index >= 15 is 0 Å². The molecule has 0 spiro atoms. The Morgan fingerprint density at radius 2 is 1.92 bits per heavy atom. The van der Waals surface area contributed by atoms with Gasteiger partial charge >= 0.3 is 25.8 Å². The van der Waals surface area contributed by atoms with Gasteiger partial charge in [-0.3, -0.25) is 4.79 Å². The quantitative estimate of drug-likeness (QED) is 0.861. The molecule has 1 aromatic carbocycles. The number of hydrogen-bond acceptors (Lipinski definition) is 3. The Morgan fingerprint density at radius 3 is 2.46 bits per heavy atom. The van der Waals surface area contributed by atoms with E-state index in [2.05, 4.69) is 0 Å². The highest BCUT2D eigenvalue weighted by Crippen LogP contribution is 2.21. The summed E-state index contributed by atoms with van der Waals surface area (Å²) >= 11 is -3.55. The molecule has 0 unspecified atom stereocenters. The number of carbonyl (C=O) groups is 1. The molecule has 1 aromatic rings. The van der Waals surface area contributed by atoms with Crippen LogP contribution >= 0.6 is 19.8 Å². The second-order valence-electron chi connectivity index (χ2n) is 2.38. The molecule has 0 saturated heterocycles. The Kier molecular flexibility index (Phi) is 3.35. The summed E-state index contributed by atoms with van der Waals surface area (Å²) in [6.07, 6.45) is -0.241. The highest BCUT2D eigenvalue weighted by atomic mass is 127. The van der Waals surface area contributed by atoms with E-state index in [1.54, 1.807) is 12.1 Å². The molecule has 0 atom stereocenters. The van der Waals surface area contributed by atoms with Crippen LogP contribution in [0.4, 0.5) is 0 Å². The molecule has 0 radical (unpaired) electrons. The number of aliphatic carboxylic acids is 1. The minimum absolute atomic E-state index is 0.175. The molecule has 0 fully saturated rings. The van der Waals surface area contributed by atoms with Crippen LogP contribution in [0.25, 0.3) is 0 Å². The van der Waals surface area contributed by atoms with Crippen molar-refractivity contribution in [3.63, 3.8) is 0 Å². The van der Waals surface area contributed by atoms with Crippen LogP contribution in [0.3, 0.4) is 0 Å². The van der Waals surface area contributed by atoms with Gasteiger partial charge in [0.05, 0.1) is 9.99 Å². The third-order valence-corrected chi connectivity index (χ3v) is 3.47. The van der Waals surface area contributed by atoms with Crippen LogP contribution in [0.2, 0.25) is 0 Å². The summed E-state index contributed by atoms with van der Waals surface area (Å²) in [5.74, 6) is -1.02. The number of carboxylic acids is 1. The highest BCUT2D eigenvalue weighted by molar-refractivity contribution is 14.2. The van der Waals surface area contributed by atoms with E-state index in [0.717, 1.165) is 0 Å². The summed E-state index contributed by atoms with van der Waals surface area (Å²) in [5, 5.41) is 8.49. The molecule has 70 valence electrons. The lowest BCUT2D eigenvalue weighted by atomic mass is 10.2. The van der Waals surface area contributed by atoms with E-state index in [1.807, 2.05) is 0 Å². The molecule has 0 aliphatic rings. The molecule has 0 amide bonds. The molecule has 0 heterocycles. The summed E-state index contributed by atoms with van der Waals surface area (Å²) in [7, 11) is 0. The van der Waals surface area contributed by atoms with E-state index in [4.69, 9.17) is 5.11 Å². The van der Waals surface area contributed by atoms with Crippen LogP contribution in [0.5, 0.6) is 0 Å². The highest BCUT2D eigenvalue weighted by Gasteiger charge is 2.08. The van der Waals surface area contributed by atoms with Gasteiger partial charge in [-0.05, 0) is 11.6 Å². The molecule has 0 saturated carbocycles. The lowest BCUT2D eigenvalue weighted by Gasteiger charge is -1.98. The average molecular weight is 294 g/mol. The average Bonchev–Trinajstić information content (AvgIpc) is 2.03. The fourth-order valence-corrected chi connectivity index (χ4v) is 2.39. The van der Waals surface area contributed by atoms with Gasteiger partial charge in [-0.25, -0.2) is 6.14 Å². The summed E-state index contributed by atoms with van der Waals surface area (Å²) in [5.41, 5.74) is 0.366. The van der Waals surface area contributed by atoms with Gasteiger partial charge in [-0.1, -0.05) is 18.2 Å². The van der Waals surface area contributed by atoms with Gasteiger partial charge in [0.2, 0.25) is 0 Å². The summed E-state index contributed by atoms with van der Waals surface area (Å²) in [6, 6.07) is 6.16. The minimum Gasteiger partial charge on any atom is -0.481 e. The zero-order chi connectivity index (χ0) is 9.84. The van der Waals surface area contributed by atoms with Crippen LogP contribution < -0.4 is 0 Å². The van der Waals surface area contributed by atoms with E-state index in [-0.39, 0.29) is 9.99 Å². The number of hydrogen-bond donors (Lipinski definition) is 1. The largest absolute Gasteiger partial charge is 0.481 e. The van der Waals surface area contributed by atoms with E-state index in [9.17, 15) is 10.9 Å². The number of carboxylic acid groups (broad SMARTS) is 1. The maximum Gasteiger partial charge on any atom is 0.341 e. The predicted octanol–water partition coefficient (Wildman–Crippen LogP) is 1.68. The molecule has 1 rings (SSSR count). The molecule has 4 nitrogen and oxygen atoms in total. The van der Waals surface area contributed by atoms with E-state index < -0.39 is 25.8 Å². The Hall–Kier alpha value is -0.980. The lowest BCUT2D eigenvalue weighted by molar-refractivity contribution is -0.136. The van der Waals surface area contributed by atoms with Gasteiger partial charge in [0.25, 0.3) is 0 Å². The van der Waals surface area contributed by atoms with Crippen LogP contribution in [0.15, 0.2) is 24.3 Å². The monoisotopic (exact) mass is 294 g/mol. The molecular formula is C8H7IO4. The van der Waals surface area contributed by atoms with Crippen molar-refractivity contribution >= 4 is 25.8 Å². The molecular weight excluding hydrogens is 287 g/mol. The third-order valence-electron chi connectivity index (χ3n) is 1.47. The molecule has 0 aliphatic heterocycles. The predicted molar refractivity (Wildman–Crippen MR) is 51.9 cm³/mol. The Balaban J connectivity index is 3.12. The van der Waals surface area contributed by atoms with Gasteiger partial charge in [-0.15, -0.1) is 0 Å². The number of halogens is 1. The molecule has 0 bridgehead atoms. The lowest BCUT2D eigenvalue weighted by Crippen LogP contribution is -2.01. The van der Waals surface area contributed by atoms with Crippen molar-refractivity contribution < 1.29 is 16.0 Å². The van der Waals surface area contributed by atoms with Crippen LogP contribution in [-0.4, -0.2) is 11.1 Å². The Morgan fingerprint density at radius 1 is 1.31 bits per heavy atom. The van der Waals surface area contributed by atoms with Gasteiger partial charge in [0.15, 0.2) is 0 Å². The molecule has 5 heteroatoms. The van der Waals surface area contributed by atoms with E-state index in [0.29, 0.717) is 5.56 Å². The summed E-state index contributed by atoms with van der Waals surface area (Å²) in [6.45, 7) is 0. The normalized spacial score (nSPS) is 10.2. The summed E-state index contributed by atoms with van der Waals surface area (Å²) < 4.78 is 21.7. The van der Waals surface area contributed by atoms with E-state index in [1.165, 1.54) is 12.1 Å². The topological polar surface area (TPSA) is 71.4 Å². The van der Waals surface area contributed by atoms with Crippen LogP contribution in [-0.2, 0) is 17.4 Å². The second-order valence-corrected chi connectivity index (χ2v) is 4.78. The van der Waals surface area contributed by atoms with Crippen molar-refractivity contribution in [1.82, 2.24) is 0 Å². The van der Waals surface area contributed by atoms with Gasteiger partial charge in [0.1, 0.15) is 0 Å². The SMILES string of the molecule is O=C(O)Cc1ccccc1I(=O)=O. The first-order chi connectivity index (χ1) is 6.11. The van der Waals surface area contributed by atoms with Gasteiger partial charge < -0.3 is 5.11 Å². The van der Waals surface area contributed by atoms with Crippen molar-refractivity contribution in [2.45, 2.75) is 6.42 Å². The first-order valence-electron chi connectivity index (χ1n) is 3.46. The van der Waals surface area contributed by atoms with Gasteiger partial charge in [-0.2, -0.15) is 0 Å². The van der Waals surface area contributed by atoms with Crippen molar-refractivity contribution in [1.29, 1.82) is 0 Å². The third kappa shape index (κ3) is 2.76. The zero-order valence-corrected chi connectivity index (χ0v) is 8.72. The maximum absolute atomic E-state index is 10.7. The van der Waals surface area contributed by atoms with Gasteiger partial charge in [0, 0.05) is 0 Å². The van der Waals surface area contributed by atoms with Crippen molar-refractivity contribution in [3.05, 3.63) is 33.4 Å².